The standard InChI is InChI=1S/C18H23N3O4S/c22-16-15-13-20(10-11-21(15)26(24,25)19-16)17(23)18(8-4-5-9-18)12-14-6-2-1-3-7-14/h1-3,6-7,15H,4-5,8-13H2,(H,19,22). The summed E-state index contributed by atoms with van der Waals surface area (Å²) in [5, 5.41) is 0. The van der Waals surface area contributed by atoms with Gasteiger partial charge in [-0.1, -0.05) is 43.2 Å². The molecule has 1 aromatic carbocycles. The largest absolute Gasteiger partial charge is 0.339 e. The van der Waals surface area contributed by atoms with Crippen molar-refractivity contribution in [3.63, 3.8) is 0 Å². The molecule has 26 heavy (non-hydrogen) atoms. The average Bonchev–Trinajstić information content (AvgIpc) is 3.18. The number of hydrogen-bond acceptors (Lipinski definition) is 4. The Balaban J connectivity index is 1.55. The smallest absolute Gasteiger partial charge is 0.304 e. The van der Waals surface area contributed by atoms with Gasteiger partial charge in [-0.3, -0.25) is 9.59 Å². The van der Waals surface area contributed by atoms with E-state index in [2.05, 4.69) is 0 Å². The first kappa shape index (κ1) is 17.5. The van der Waals surface area contributed by atoms with E-state index in [1.54, 1.807) is 4.90 Å². The summed E-state index contributed by atoms with van der Waals surface area (Å²) in [6.45, 7) is 0.638. The second-order valence-corrected chi connectivity index (χ2v) is 9.12. The van der Waals surface area contributed by atoms with Crippen molar-refractivity contribution in [1.29, 1.82) is 0 Å². The fourth-order valence-corrected chi connectivity index (χ4v) is 5.87. The molecule has 0 spiro atoms. The number of fused-ring (bicyclic) bond motifs is 1. The van der Waals surface area contributed by atoms with Gasteiger partial charge in [-0.2, -0.15) is 12.7 Å². The molecule has 3 aliphatic rings. The van der Waals surface area contributed by atoms with Crippen LogP contribution in [-0.4, -0.2) is 55.1 Å². The van der Waals surface area contributed by atoms with Gasteiger partial charge in [0.1, 0.15) is 6.04 Å². The molecule has 1 aromatic rings. The number of benzene rings is 1. The highest BCUT2D eigenvalue weighted by atomic mass is 32.2. The van der Waals surface area contributed by atoms with Crippen LogP contribution in [0, 0.1) is 5.41 Å². The van der Waals surface area contributed by atoms with Crippen LogP contribution in [-0.2, 0) is 26.2 Å². The summed E-state index contributed by atoms with van der Waals surface area (Å²) in [5.74, 6) is -0.471. The minimum atomic E-state index is -3.73. The molecule has 1 saturated carbocycles. The van der Waals surface area contributed by atoms with Gasteiger partial charge in [-0.15, -0.1) is 0 Å². The van der Waals surface area contributed by atoms with Gasteiger partial charge in [-0.05, 0) is 24.8 Å². The molecule has 1 atom stereocenters. The summed E-state index contributed by atoms with van der Waals surface area (Å²) in [4.78, 5) is 27.1. The first-order valence-corrected chi connectivity index (χ1v) is 10.5. The third kappa shape index (κ3) is 2.91. The maximum absolute atomic E-state index is 13.4. The summed E-state index contributed by atoms with van der Waals surface area (Å²) in [7, 11) is -3.73. The molecule has 8 heteroatoms. The number of nitrogens with one attached hydrogen (secondary N) is 1. The maximum Gasteiger partial charge on any atom is 0.304 e. The summed E-state index contributed by atoms with van der Waals surface area (Å²) in [6.07, 6.45) is 4.43. The lowest BCUT2D eigenvalue weighted by Crippen LogP contribution is -2.57. The Bertz CT molecular complexity index is 818. The predicted molar refractivity (Wildman–Crippen MR) is 95.2 cm³/mol. The van der Waals surface area contributed by atoms with E-state index in [0.29, 0.717) is 13.0 Å². The molecule has 4 rings (SSSR count). The van der Waals surface area contributed by atoms with E-state index in [1.165, 1.54) is 4.31 Å². The van der Waals surface area contributed by atoms with E-state index in [9.17, 15) is 18.0 Å². The molecule has 1 N–H and O–H groups in total. The van der Waals surface area contributed by atoms with E-state index >= 15 is 0 Å². The molecule has 2 heterocycles. The first-order valence-electron chi connectivity index (χ1n) is 9.08. The Labute approximate surface area is 153 Å². The van der Waals surface area contributed by atoms with Crippen molar-refractivity contribution in [2.45, 2.75) is 38.1 Å². The molecule has 3 fully saturated rings. The molecule has 0 bridgehead atoms. The molecular weight excluding hydrogens is 354 g/mol. The molecular formula is C18H23N3O4S. The Hall–Kier alpha value is -1.93. The van der Waals surface area contributed by atoms with Crippen LogP contribution in [0.3, 0.4) is 0 Å². The van der Waals surface area contributed by atoms with Gasteiger partial charge in [0, 0.05) is 19.6 Å². The minimum absolute atomic E-state index is 0.0654. The van der Waals surface area contributed by atoms with E-state index < -0.39 is 27.6 Å². The Morgan fingerprint density at radius 1 is 1.15 bits per heavy atom. The van der Waals surface area contributed by atoms with Crippen LogP contribution in [0.1, 0.15) is 31.2 Å². The maximum atomic E-state index is 13.4. The van der Waals surface area contributed by atoms with Crippen LogP contribution in [0.15, 0.2) is 30.3 Å². The Kier molecular flexibility index (Phi) is 4.27. The molecule has 0 radical (unpaired) electrons. The van der Waals surface area contributed by atoms with Crippen molar-refractivity contribution in [1.82, 2.24) is 13.9 Å². The van der Waals surface area contributed by atoms with Crippen molar-refractivity contribution in [2.24, 2.45) is 5.41 Å². The Morgan fingerprint density at radius 3 is 2.54 bits per heavy atom. The molecule has 2 amide bonds. The summed E-state index contributed by atoms with van der Waals surface area (Å²) >= 11 is 0. The summed E-state index contributed by atoms with van der Waals surface area (Å²) in [6, 6.07) is 9.22. The average molecular weight is 377 g/mol. The highest BCUT2D eigenvalue weighted by molar-refractivity contribution is 7.88. The fourth-order valence-electron chi connectivity index (χ4n) is 4.55. The normalized spacial score (nSPS) is 27.2. The monoisotopic (exact) mass is 377 g/mol. The van der Waals surface area contributed by atoms with Gasteiger partial charge in [-0.25, -0.2) is 4.72 Å². The zero-order valence-electron chi connectivity index (χ0n) is 14.6. The quantitative estimate of drug-likeness (QED) is 0.839. The van der Waals surface area contributed by atoms with Crippen LogP contribution in [0.2, 0.25) is 0 Å². The number of nitrogens with zero attached hydrogens (tertiary/aromatic N) is 2. The number of piperazine rings is 1. The summed E-state index contributed by atoms with van der Waals surface area (Å²) < 4.78 is 27.1. The van der Waals surface area contributed by atoms with Crippen molar-refractivity contribution in [3.8, 4) is 0 Å². The number of rotatable bonds is 3. The van der Waals surface area contributed by atoms with E-state index in [-0.39, 0.29) is 19.0 Å². The molecule has 1 unspecified atom stereocenters. The molecule has 140 valence electrons. The fraction of sp³-hybridized carbons (Fsp3) is 0.556. The number of carbonyl (C=O) groups is 2. The van der Waals surface area contributed by atoms with Crippen LogP contribution >= 0.6 is 0 Å². The van der Waals surface area contributed by atoms with Crippen LogP contribution in [0.4, 0.5) is 0 Å². The molecule has 2 saturated heterocycles. The molecule has 1 aliphatic carbocycles. The number of carbonyl (C=O) groups excluding carboxylic acids is 2. The lowest BCUT2D eigenvalue weighted by molar-refractivity contribution is -0.144. The van der Waals surface area contributed by atoms with Gasteiger partial charge in [0.2, 0.25) is 5.91 Å². The zero-order chi connectivity index (χ0) is 18.4. The van der Waals surface area contributed by atoms with Gasteiger partial charge in [0.05, 0.1) is 5.41 Å². The number of hydrogen-bond donors (Lipinski definition) is 1. The lowest BCUT2D eigenvalue weighted by atomic mass is 9.78. The van der Waals surface area contributed by atoms with Gasteiger partial charge >= 0.3 is 10.2 Å². The van der Waals surface area contributed by atoms with Gasteiger partial charge in [0.15, 0.2) is 0 Å². The molecule has 7 nitrogen and oxygen atoms in total. The van der Waals surface area contributed by atoms with E-state index in [0.717, 1.165) is 31.2 Å². The molecule has 2 aliphatic heterocycles. The predicted octanol–water partition coefficient (Wildman–Crippen LogP) is 0.677. The first-order chi connectivity index (χ1) is 12.4. The highest BCUT2D eigenvalue weighted by Gasteiger charge is 2.50. The van der Waals surface area contributed by atoms with E-state index in [1.807, 2.05) is 35.1 Å². The van der Waals surface area contributed by atoms with Gasteiger partial charge in [0.25, 0.3) is 5.91 Å². The number of amides is 2. The second kappa shape index (κ2) is 6.35. The zero-order valence-corrected chi connectivity index (χ0v) is 15.4. The SMILES string of the molecule is O=C1NS(=O)(=O)N2CCN(C(=O)C3(Cc4ccccc4)CCCC3)CC12. The van der Waals surface area contributed by atoms with Crippen LogP contribution in [0.25, 0.3) is 0 Å². The topological polar surface area (TPSA) is 86.8 Å². The van der Waals surface area contributed by atoms with Crippen molar-refractivity contribution >= 4 is 22.0 Å². The summed E-state index contributed by atoms with van der Waals surface area (Å²) in [5.41, 5.74) is 0.708. The second-order valence-electron chi connectivity index (χ2n) is 7.50. The van der Waals surface area contributed by atoms with E-state index in [4.69, 9.17) is 0 Å². The highest BCUT2D eigenvalue weighted by Crippen LogP contribution is 2.43. The van der Waals surface area contributed by atoms with Crippen molar-refractivity contribution in [3.05, 3.63) is 35.9 Å². The van der Waals surface area contributed by atoms with Gasteiger partial charge < -0.3 is 4.90 Å². The van der Waals surface area contributed by atoms with Crippen LogP contribution in [0.5, 0.6) is 0 Å². The molecule has 0 aromatic heterocycles. The van der Waals surface area contributed by atoms with Crippen LogP contribution < -0.4 is 4.72 Å². The lowest BCUT2D eigenvalue weighted by Gasteiger charge is -2.39. The third-order valence-corrected chi connectivity index (χ3v) is 7.37. The van der Waals surface area contributed by atoms with Crippen molar-refractivity contribution in [2.75, 3.05) is 19.6 Å². The van der Waals surface area contributed by atoms with Crippen molar-refractivity contribution < 1.29 is 18.0 Å². The minimum Gasteiger partial charge on any atom is -0.339 e. The Morgan fingerprint density at radius 2 is 1.85 bits per heavy atom. The third-order valence-electron chi connectivity index (χ3n) is 5.86.